The second-order valence-electron chi connectivity index (χ2n) is 6.21. The smallest absolute Gasteiger partial charge is 0.324 e. The van der Waals surface area contributed by atoms with Gasteiger partial charge < -0.3 is 4.74 Å². The Kier molecular flexibility index (Phi) is 4.39. The lowest BCUT2D eigenvalue weighted by Gasteiger charge is -2.36. The number of esters is 1. The molecule has 2 heterocycles. The summed E-state index contributed by atoms with van der Waals surface area (Å²) in [6.07, 6.45) is 0. The number of amides is 1. The third-order valence-electron chi connectivity index (χ3n) is 4.77. The molecule has 2 aliphatic heterocycles. The average Bonchev–Trinajstić information content (AvgIpc) is 2.91. The standard InChI is InChI=1S/C19H20N2O3S/c1-2-24-19(23)16-11-25-10-9-20(16)12-21-15-8-4-6-13-5-3-7-14(17(13)15)18(21)22/h3-8,16H,2,9-12H2,1H3/t16-/m1/s1. The van der Waals surface area contributed by atoms with Crippen LogP contribution in [0.5, 0.6) is 0 Å². The van der Waals surface area contributed by atoms with E-state index in [2.05, 4.69) is 4.90 Å². The Labute approximate surface area is 150 Å². The van der Waals surface area contributed by atoms with Crippen molar-refractivity contribution >= 4 is 40.1 Å². The van der Waals surface area contributed by atoms with Gasteiger partial charge in [-0.25, -0.2) is 0 Å². The Balaban J connectivity index is 1.64. The highest BCUT2D eigenvalue weighted by molar-refractivity contribution is 7.99. The van der Waals surface area contributed by atoms with Gasteiger partial charge in [0.1, 0.15) is 6.04 Å². The third kappa shape index (κ3) is 2.79. The van der Waals surface area contributed by atoms with Gasteiger partial charge in [0.2, 0.25) is 0 Å². The molecule has 25 heavy (non-hydrogen) atoms. The third-order valence-corrected chi connectivity index (χ3v) is 5.79. The normalized spacial score (nSPS) is 20.3. The van der Waals surface area contributed by atoms with Crippen molar-refractivity contribution in [1.82, 2.24) is 4.90 Å². The number of carbonyl (C=O) groups excluding carboxylic acids is 2. The first-order valence-corrected chi connectivity index (χ1v) is 9.68. The lowest BCUT2D eigenvalue weighted by atomic mass is 10.1. The van der Waals surface area contributed by atoms with Crippen LogP contribution in [0.4, 0.5) is 5.69 Å². The van der Waals surface area contributed by atoms with Gasteiger partial charge in [-0.3, -0.25) is 19.4 Å². The van der Waals surface area contributed by atoms with E-state index in [9.17, 15) is 9.59 Å². The molecule has 0 bridgehead atoms. The van der Waals surface area contributed by atoms with Gasteiger partial charge in [-0.1, -0.05) is 24.3 Å². The van der Waals surface area contributed by atoms with Gasteiger partial charge in [0.05, 0.1) is 19.0 Å². The molecule has 0 unspecified atom stereocenters. The van der Waals surface area contributed by atoms with Crippen LogP contribution in [0.2, 0.25) is 0 Å². The molecule has 2 aliphatic rings. The number of thioether (sulfide) groups is 1. The first-order valence-electron chi connectivity index (χ1n) is 8.52. The van der Waals surface area contributed by atoms with Gasteiger partial charge in [0.25, 0.3) is 5.91 Å². The highest BCUT2D eigenvalue weighted by Gasteiger charge is 2.36. The summed E-state index contributed by atoms with van der Waals surface area (Å²) in [6, 6.07) is 11.5. The summed E-state index contributed by atoms with van der Waals surface area (Å²) >= 11 is 1.76. The monoisotopic (exact) mass is 356 g/mol. The van der Waals surface area contributed by atoms with E-state index in [0.717, 1.165) is 34.3 Å². The first-order chi connectivity index (χ1) is 12.2. The zero-order valence-electron chi connectivity index (χ0n) is 14.1. The molecule has 1 atom stereocenters. The molecule has 2 aromatic rings. The summed E-state index contributed by atoms with van der Waals surface area (Å²) in [5.74, 6) is 1.47. The van der Waals surface area contributed by atoms with Gasteiger partial charge in [-0.15, -0.1) is 0 Å². The molecular formula is C19H20N2O3S. The van der Waals surface area contributed by atoms with Crippen LogP contribution < -0.4 is 4.90 Å². The molecule has 2 aromatic carbocycles. The fraction of sp³-hybridized carbons (Fsp3) is 0.368. The minimum atomic E-state index is -0.297. The zero-order chi connectivity index (χ0) is 17.4. The number of carbonyl (C=O) groups is 2. The average molecular weight is 356 g/mol. The molecule has 1 fully saturated rings. The number of ether oxygens (including phenoxy) is 1. The van der Waals surface area contributed by atoms with E-state index in [1.54, 1.807) is 16.7 Å². The number of nitrogens with zero attached hydrogens (tertiary/aromatic N) is 2. The Morgan fingerprint density at radius 2 is 2.08 bits per heavy atom. The van der Waals surface area contributed by atoms with Crippen molar-refractivity contribution < 1.29 is 14.3 Å². The maximum absolute atomic E-state index is 12.9. The molecule has 0 aliphatic carbocycles. The van der Waals surface area contributed by atoms with Crippen molar-refractivity contribution in [3.05, 3.63) is 42.0 Å². The van der Waals surface area contributed by atoms with Crippen LogP contribution in [0.3, 0.4) is 0 Å². The van der Waals surface area contributed by atoms with Crippen molar-refractivity contribution in [3.63, 3.8) is 0 Å². The van der Waals surface area contributed by atoms with E-state index in [0.29, 0.717) is 19.0 Å². The van der Waals surface area contributed by atoms with Gasteiger partial charge in [-0.2, -0.15) is 11.8 Å². The zero-order valence-corrected chi connectivity index (χ0v) is 14.9. The predicted octanol–water partition coefficient (Wildman–Crippen LogP) is 2.74. The van der Waals surface area contributed by atoms with E-state index in [1.807, 2.05) is 43.3 Å². The molecule has 0 N–H and O–H groups in total. The Morgan fingerprint density at radius 3 is 2.88 bits per heavy atom. The molecule has 130 valence electrons. The van der Waals surface area contributed by atoms with Crippen molar-refractivity contribution in [2.75, 3.05) is 36.2 Å². The van der Waals surface area contributed by atoms with E-state index < -0.39 is 0 Å². The highest BCUT2D eigenvalue weighted by Crippen LogP contribution is 2.37. The maximum Gasteiger partial charge on any atom is 0.324 e. The quantitative estimate of drug-likeness (QED) is 0.789. The molecule has 1 saturated heterocycles. The Bertz CT molecular complexity index is 833. The molecule has 0 radical (unpaired) electrons. The van der Waals surface area contributed by atoms with Crippen molar-refractivity contribution in [2.24, 2.45) is 0 Å². The second kappa shape index (κ2) is 6.69. The number of anilines is 1. The fourth-order valence-electron chi connectivity index (χ4n) is 3.56. The fourth-order valence-corrected chi connectivity index (χ4v) is 4.66. The Hall–Kier alpha value is -2.05. The van der Waals surface area contributed by atoms with Crippen LogP contribution in [-0.2, 0) is 9.53 Å². The number of rotatable bonds is 4. The largest absolute Gasteiger partial charge is 0.465 e. The van der Waals surface area contributed by atoms with Crippen LogP contribution in [0.1, 0.15) is 17.3 Å². The lowest BCUT2D eigenvalue weighted by molar-refractivity contribution is -0.148. The van der Waals surface area contributed by atoms with Gasteiger partial charge >= 0.3 is 5.97 Å². The topological polar surface area (TPSA) is 49.9 Å². The molecule has 6 heteroatoms. The molecule has 4 rings (SSSR count). The molecule has 0 saturated carbocycles. The van der Waals surface area contributed by atoms with E-state index in [1.165, 1.54) is 0 Å². The number of hydrogen-bond acceptors (Lipinski definition) is 5. The second-order valence-corrected chi connectivity index (χ2v) is 7.36. The summed E-state index contributed by atoms with van der Waals surface area (Å²) in [7, 11) is 0. The SMILES string of the molecule is CCOC(=O)[C@H]1CSCCN1CN1C(=O)c2cccc3cccc1c23. The van der Waals surface area contributed by atoms with E-state index >= 15 is 0 Å². The van der Waals surface area contributed by atoms with Gasteiger partial charge in [0.15, 0.2) is 0 Å². The summed E-state index contributed by atoms with van der Waals surface area (Å²) in [5, 5.41) is 2.08. The van der Waals surface area contributed by atoms with Crippen molar-refractivity contribution in [1.29, 1.82) is 0 Å². The maximum atomic E-state index is 12.9. The molecule has 1 amide bonds. The molecular weight excluding hydrogens is 336 g/mol. The first kappa shape index (κ1) is 16.4. The molecule has 5 nitrogen and oxygen atoms in total. The lowest BCUT2D eigenvalue weighted by Crippen LogP contribution is -2.53. The van der Waals surface area contributed by atoms with Crippen LogP contribution in [0, 0.1) is 0 Å². The summed E-state index contributed by atoms with van der Waals surface area (Å²) in [5.41, 5.74) is 1.67. The van der Waals surface area contributed by atoms with E-state index in [-0.39, 0.29) is 17.9 Å². The number of hydrogen-bond donors (Lipinski definition) is 0. The highest BCUT2D eigenvalue weighted by atomic mass is 32.2. The summed E-state index contributed by atoms with van der Waals surface area (Å²) in [4.78, 5) is 29.1. The summed E-state index contributed by atoms with van der Waals surface area (Å²) < 4.78 is 5.23. The van der Waals surface area contributed by atoms with Gasteiger partial charge in [0, 0.05) is 29.0 Å². The minimum absolute atomic E-state index is 0.00707. The van der Waals surface area contributed by atoms with E-state index in [4.69, 9.17) is 4.74 Å². The van der Waals surface area contributed by atoms with Crippen LogP contribution >= 0.6 is 11.8 Å². The Morgan fingerprint density at radius 1 is 1.28 bits per heavy atom. The molecule has 0 spiro atoms. The number of benzene rings is 2. The predicted molar refractivity (Wildman–Crippen MR) is 100 cm³/mol. The van der Waals surface area contributed by atoms with Crippen LogP contribution in [-0.4, -0.2) is 54.1 Å². The van der Waals surface area contributed by atoms with Gasteiger partial charge in [-0.05, 0) is 24.4 Å². The minimum Gasteiger partial charge on any atom is -0.465 e. The van der Waals surface area contributed by atoms with Crippen LogP contribution in [0.25, 0.3) is 10.8 Å². The molecule has 0 aromatic heterocycles. The van der Waals surface area contributed by atoms with Crippen LogP contribution in [0.15, 0.2) is 36.4 Å². The van der Waals surface area contributed by atoms with Crippen molar-refractivity contribution in [3.8, 4) is 0 Å². The van der Waals surface area contributed by atoms with Crippen molar-refractivity contribution in [2.45, 2.75) is 13.0 Å². The summed E-state index contributed by atoms with van der Waals surface area (Å²) in [6.45, 7) is 3.38.